The minimum absolute atomic E-state index is 0.337. The summed E-state index contributed by atoms with van der Waals surface area (Å²) in [6, 6.07) is 6.94. The minimum atomic E-state index is -0.545. The van der Waals surface area contributed by atoms with Crippen LogP contribution in [0.2, 0.25) is 0 Å². The zero-order valence-corrected chi connectivity index (χ0v) is 15.9. The topological polar surface area (TPSA) is 107 Å². The van der Waals surface area contributed by atoms with E-state index in [4.69, 9.17) is 4.74 Å². The number of fused-ring (bicyclic) bond motifs is 2. The van der Waals surface area contributed by atoms with Crippen LogP contribution in [0.15, 0.2) is 30.6 Å². The van der Waals surface area contributed by atoms with Gasteiger partial charge in [0.25, 0.3) is 5.91 Å². The first-order valence-corrected chi connectivity index (χ1v) is 8.95. The summed E-state index contributed by atoms with van der Waals surface area (Å²) in [6.07, 6.45) is 1.04. The quantitative estimate of drug-likeness (QED) is 0.725. The summed E-state index contributed by atoms with van der Waals surface area (Å²) in [6.45, 7) is 6.90. The summed E-state index contributed by atoms with van der Waals surface area (Å²) in [5, 5.41) is 11.3. The first-order chi connectivity index (χ1) is 13.3. The van der Waals surface area contributed by atoms with Gasteiger partial charge in [-0.05, 0) is 32.9 Å². The van der Waals surface area contributed by atoms with Crippen molar-refractivity contribution in [2.45, 2.75) is 39.5 Å². The molecule has 4 rings (SSSR count). The van der Waals surface area contributed by atoms with E-state index in [1.54, 1.807) is 33.8 Å². The number of aromatic nitrogens is 5. The standard InChI is InChI=1S/C18H21N7O3/c1-18(2,3)28-17(27)23-7-8-24-12(10-23)9-14(22-24)21-16(26)13-5-4-6-15-19-11-20-25(13)15/h4-6,9,11H,7-8,10H2,1-3H3,(H,21,22,26). The predicted molar refractivity (Wildman–Crippen MR) is 99.8 cm³/mol. The molecule has 3 aromatic heterocycles. The molecule has 10 nitrogen and oxygen atoms in total. The van der Waals surface area contributed by atoms with E-state index in [9.17, 15) is 9.59 Å². The lowest BCUT2D eigenvalue weighted by Gasteiger charge is -2.30. The summed E-state index contributed by atoms with van der Waals surface area (Å²) in [4.78, 5) is 30.6. The molecule has 0 radical (unpaired) electrons. The molecule has 0 saturated heterocycles. The molecule has 4 heterocycles. The van der Waals surface area contributed by atoms with Gasteiger partial charge in [0, 0.05) is 12.6 Å². The van der Waals surface area contributed by atoms with Crippen LogP contribution in [0.4, 0.5) is 10.6 Å². The van der Waals surface area contributed by atoms with E-state index in [2.05, 4.69) is 20.5 Å². The number of carbonyl (C=O) groups is 2. The van der Waals surface area contributed by atoms with Crippen LogP contribution in [-0.4, -0.2) is 53.4 Å². The monoisotopic (exact) mass is 383 g/mol. The van der Waals surface area contributed by atoms with Crippen molar-refractivity contribution < 1.29 is 14.3 Å². The highest BCUT2D eigenvalue weighted by molar-refractivity contribution is 6.02. The maximum absolute atomic E-state index is 12.6. The van der Waals surface area contributed by atoms with Gasteiger partial charge in [0.05, 0.1) is 18.8 Å². The fourth-order valence-electron chi connectivity index (χ4n) is 3.01. The Bertz CT molecular complexity index is 1050. The molecule has 0 saturated carbocycles. The molecular weight excluding hydrogens is 362 g/mol. The van der Waals surface area contributed by atoms with Gasteiger partial charge in [-0.25, -0.2) is 14.3 Å². The Hall–Kier alpha value is -3.43. The number of pyridine rings is 1. The third kappa shape index (κ3) is 3.53. The van der Waals surface area contributed by atoms with Gasteiger partial charge in [-0.15, -0.1) is 0 Å². The number of hydrogen-bond acceptors (Lipinski definition) is 6. The van der Waals surface area contributed by atoms with Gasteiger partial charge in [-0.1, -0.05) is 6.07 Å². The molecule has 0 spiro atoms. The van der Waals surface area contributed by atoms with E-state index in [1.165, 1.54) is 10.8 Å². The summed E-state index contributed by atoms with van der Waals surface area (Å²) in [5.74, 6) is 0.0821. The normalized spacial score (nSPS) is 14.0. The van der Waals surface area contributed by atoms with Crippen molar-refractivity contribution in [3.05, 3.63) is 42.0 Å². The smallest absolute Gasteiger partial charge is 0.410 e. The van der Waals surface area contributed by atoms with Gasteiger partial charge in [-0.3, -0.25) is 9.48 Å². The molecule has 2 amide bonds. The Morgan fingerprint density at radius 2 is 2.04 bits per heavy atom. The van der Waals surface area contributed by atoms with Crippen molar-refractivity contribution in [1.82, 2.24) is 29.3 Å². The summed E-state index contributed by atoms with van der Waals surface area (Å²) < 4.78 is 8.68. The third-order valence-electron chi connectivity index (χ3n) is 4.23. The second-order valence-electron chi connectivity index (χ2n) is 7.54. The lowest BCUT2D eigenvalue weighted by molar-refractivity contribution is 0.0194. The second kappa shape index (κ2) is 6.63. The van der Waals surface area contributed by atoms with Gasteiger partial charge < -0.3 is 15.0 Å². The van der Waals surface area contributed by atoms with E-state index in [0.717, 1.165) is 5.69 Å². The van der Waals surface area contributed by atoms with Crippen molar-refractivity contribution >= 4 is 23.5 Å². The van der Waals surface area contributed by atoms with E-state index in [1.807, 2.05) is 20.8 Å². The van der Waals surface area contributed by atoms with Crippen molar-refractivity contribution in [2.75, 3.05) is 11.9 Å². The second-order valence-corrected chi connectivity index (χ2v) is 7.54. The zero-order valence-electron chi connectivity index (χ0n) is 15.9. The SMILES string of the molecule is CC(C)(C)OC(=O)N1CCn2nc(NC(=O)c3cccc4ncnn34)cc2C1. The highest BCUT2D eigenvalue weighted by Gasteiger charge is 2.27. The number of carbonyl (C=O) groups excluding carboxylic acids is 2. The van der Waals surface area contributed by atoms with E-state index in [-0.39, 0.29) is 12.0 Å². The summed E-state index contributed by atoms with van der Waals surface area (Å²) in [7, 11) is 0. The molecule has 146 valence electrons. The molecule has 0 bridgehead atoms. The predicted octanol–water partition coefficient (Wildman–Crippen LogP) is 1.93. The molecule has 1 N–H and O–H groups in total. The van der Waals surface area contributed by atoms with Crippen molar-refractivity contribution in [3.8, 4) is 0 Å². The number of nitrogens with one attached hydrogen (secondary N) is 1. The number of rotatable bonds is 2. The van der Waals surface area contributed by atoms with Crippen LogP contribution >= 0.6 is 0 Å². The Morgan fingerprint density at radius 3 is 2.82 bits per heavy atom. The molecule has 28 heavy (non-hydrogen) atoms. The average Bonchev–Trinajstić information content (AvgIpc) is 3.25. The number of amides is 2. The van der Waals surface area contributed by atoms with Crippen molar-refractivity contribution in [1.29, 1.82) is 0 Å². The summed E-state index contributed by atoms with van der Waals surface area (Å²) >= 11 is 0. The zero-order chi connectivity index (χ0) is 19.9. The molecule has 10 heteroatoms. The van der Waals surface area contributed by atoms with Crippen LogP contribution in [-0.2, 0) is 17.8 Å². The Kier molecular flexibility index (Phi) is 4.25. The van der Waals surface area contributed by atoms with Crippen LogP contribution in [0.3, 0.4) is 0 Å². The van der Waals surface area contributed by atoms with Crippen LogP contribution in [0.1, 0.15) is 37.0 Å². The van der Waals surface area contributed by atoms with Crippen LogP contribution < -0.4 is 5.32 Å². The van der Waals surface area contributed by atoms with Crippen molar-refractivity contribution in [2.24, 2.45) is 0 Å². The molecule has 0 atom stereocenters. The van der Waals surface area contributed by atoms with E-state index >= 15 is 0 Å². The lowest BCUT2D eigenvalue weighted by Crippen LogP contribution is -2.41. The Morgan fingerprint density at radius 1 is 1.21 bits per heavy atom. The molecule has 3 aromatic rings. The molecule has 1 aliphatic heterocycles. The minimum Gasteiger partial charge on any atom is -0.444 e. The fraction of sp³-hybridized carbons (Fsp3) is 0.389. The first-order valence-electron chi connectivity index (χ1n) is 8.95. The van der Waals surface area contributed by atoms with Gasteiger partial charge in [-0.2, -0.15) is 10.2 Å². The molecule has 0 fully saturated rings. The van der Waals surface area contributed by atoms with E-state index < -0.39 is 5.60 Å². The molecule has 0 unspecified atom stereocenters. The number of nitrogens with zero attached hydrogens (tertiary/aromatic N) is 6. The Labute approximate surface area is 161 Å². The highest BCUT2D eigenvalue weighted by Crippen LogP contribution is 2.19. The molecular formula is C18H21N7O3. The molecule has 0 aromatic carbocycles. The number of anilines is 1. The van der Waals surface area contributed by atoms with Crippen molar-refractivity contribution in [3.63, 3.8) is 0 Å². The first kappa shape index (κ1) is 18.0. The largest absolute Gasteiger partial charge is 0.444 e. The average molecular weight is 383 g/mol. The van der Waals surface area contributed by atoms with Gasteiger partial charge >= 0.3 is 6.09 Å². The van der Waals surface area contributed by atoms with Crippen LogP contribution in [0.5, 0.6) is 0 Å². The highest BCUT2D eigenvalue weighted by atomic mass is 16.6. The van der Waals surface area contributed by atoms with Gasteiger partial charge in [0.15, 0.2) is 11.5 Å². The lowest BCUT2D eigenvalue weighted by atomic mass is 10.2. The fourth-order valence-corrected chi connectivity index (χ4v) is 3.01. The molecule has 0 aliphatic carbocycles. The maximum Gasteiger partial charge on any atom is 0.410 e. The maximum atomic E-state index is 12.6. The Balaban J connectivity index is 1.48. The number of hydrogen-bond donors (Lipinski definition) is 1. The van der Waals surface area contributed by atoms with E-state index in [0.29, 0.717) is 36.8 Å². The van der Waals surface area contributed by atoms with Crippen LogP contribution in [0, 0.1) is 0 Å². The van der Waals surface area contributed by atoms with Gasteiger partial charge in [0.2, 0.25) is 0 Å². The number of ether oxygens (including phenoxy) is 1. The van der Waals surface area contributed by atoms with Crippen LogP contribution in [0.25, 0.3) is 5.65 Å². The summed E-state index contributed by atoms with van der Waals surface area (Å²) in [5.41, 5.74) is 1.23. The molecule has 1 aliphatic rings. The van der Waals surface area contributed by atoms with Gasteiger partial charge in [0.1, 0.15) is 17.6 Å². The third-order valence-corrected chi connectivity index (χ3v) is 4.23.